The van der Waals surface area contributed by atoms with Crippen molar-refractivity contribution in [2.75, 3.05) is 0 Å². The van der Waals surface area contributed by atoms with Crippen LogP contribution in [-0.2, 0) is 11.2 Å². The highest BCUT2D eigenvalue weighted by molar-refractivity contribution is 6.35. The molecular formula is C13H10ClNO4. The van der Waals surface area contributed by atoms with Crippen molar-refractivity contribution in [2.45, 2.75) is 13.3 Å². The number of ketones is 1. The summed E-state index contributed by atoms with van der Waals surface area (Å²) in [6.07, 6.45) is 0.187. The largest absolute Gasteiger partial charge is 0.461 e. The maximum Gasteiger partial charge on any atom is 0.288 e. The van der Waals surface area contributed by atoms with E-state index in [1.165, 1.54) is 19.1 Å². The maximum atomic E-state index is 11.0. The molecule has 1 aromatic carbocycles. The summed E-state index contributed by atoms with van der Waals surface area (Å²) < 4.78 is 5.47. The third kappa shape index (κ3) is 2.82. The Kier molecular flexibility index (Phi) is 3.66. The molecule has 0 aliphatic rings. The first kappa shape index (κ1) is 13.3. The Morgan fingerprint density at radius 3 is 2.74 bits per heavy atom. The molecule has 98 valence electrons. The fourth-order valence-electron chi connectivity index (χ4n) is 1.71. The summed E-state index contributed by atoms with van der Waals surface area (Å²) in [5.41, 5.74) is 0.259. The minimum absolute atomic E-state index is 0.0222. The summed E-state index contributed by atoms with van der Waals surface area (Å²) >= 11 is 5.98. The molecule has 0 radical (unpaired) electrons. The number of nitrogens with zero attached hydrogens (tertiary/aromatic N) is 1. The smallest absolute Gasteiger partial charge is 0.288 e. The topological polar surface area (TPSA) is 73.3 Å². The van der Waals surface area contributed by atoms with E-state index in [0.717, 1.165) is 0 Å². The second-order valence-corrected chi connectivity index (χ2v) is 4.42. The molecule has 0 fully saturated rings. The first-order chi connectivity index (χ1) is 8.99. The van der Waals surface area contributed by atoms with E-state index >= 15 is 0 Å². The van der Waals surface area contributed by atoms with Gasteiger partial charge in [-0.15, -0.1) is 0 Å². The van der Waals surface area contributed by atoms with Gasteiger partial charge < -0.3 is 4.42 Å². The van der Waals surface area contributed by atoms with Crippen LogP contribution in [0.15, 0.2) is 34.7 Å². The van der Waals surface area contributed by atoms with Crippen LogP contribution in [-0.4, -0.2) is 10.7 Å². The van der Waals surface area contributed by atoms with Gasteiger partial charge in [-0.2, -0.15) is 0 Å². The maximum absolute atomic E-state index is 11.0. The predicted octanol–water partition coefficient (Wildman–Crippen LogP) is 3.64. The molecule has 19 heavy (non-hydrogen) atoms. The van der Waals surface area contributed by atoms with Crippen molar-refractivity contribution in [1.82, 2.24) is 0 Å². The van der Waals surface area contributed by atoms with Gasteiger partial charge in [-0.3, -0.25) is 14.9 Å². The van der Waals surface area contributed by atoms with E-state index in [2.05, 4.69) is 0 Å². The van der Waals surface area contributed by atoms with Crippen LogP contribution < -0.4 is 0 Å². The van der Waals surface area contributed by atoms with Crippen molar-refractivity contribution in [1.29, 1.82) is 0 Å². The van der Waals surface area contributed by atoms with E-state index in [0.29, 0.717) is 17.1 Å². The number of furan rings is 1. The molecule has 2 aromatic rings. The Labute approximate surface area is 113 Å². The summed E-state index contributed by atoms with van der Waals surface area (Å²) in [5.74, 6) is 0.890. The Balaban J connectivity index is 2.42. The molecule has 0 aliphatic heterocycles. The Bertz CT molecular complexity index is 648. The third-order valence-electron chi connectivity index (χ3n) is 2.53. The highest BCUT2D eigenvalue weighted by atomic mass is 35.5. The van der Waals surface area contributed by atoms with Crippen LogP contribution in [0, 0.1) is 10.1 Å². The van der Waals surface area contributed by atoms with Crippen molar-refractivity contribution < 1.29 is 14.1 Å². The van der Waals surface area contributed by atoms with E-state index < -0.39 is 4.92 Å². The van der Waals surface area contributed by atoms with Gasteiger partial charge in [0, 0.05) is 11.6 Å². The summed E-state index contributed by atoms with van der Waals surface area (Å²) in [4.78, 5) is 21.2. The highest BCUT2D eigenvalue weighted by Crippen LogP contribution is 2.35. The fraction of sp³-hybridized carbons (Fsp3) is 0.154. The zero-order valence-electron chi connectivity index (χ0n) is 10.1. The lowest BCUT2D eigenvalue weighted by Crippen LogP contribution is -1.93. The molecule has 0 spiro atoms. The first-order valence-electron chi connectivity index (χ1n) is 5.50. The number of nitro benzene ring substituents is 1. The van der Waals surface area contributed by atoms with Gasteiger partial charge in [0.25, 0.3) is 5.69 Å². The van der Waals surface area contributed by atoms with Gasteiger partial charge >= 0.3 is 0 Å². The summed E-state index contributed by atoms with van der Waals surface area (Å²) in [6, 6.07) is 7.79. The van der Waals surface area contributed by atoms with Crippen molar-refractivity contribution in [3.05, 3.63) is 51.2 Å². The monoisotopic (exact) mass is 279 g/mol. The number of Topliss-reactive ketones (excluding diaryl/α,β-unsaturated/α-hetero) is 1. The van der Waals surface area contributed by atoms with Gasteiger partial charge in [-0.1, -0.05) is 17.7 Å². The third-order valence-corrected chi connectivity index (χ3v) is 2.92. The number of rotatable bonds is 4. The van der Waals surface area contributed by atoms with Crippen LogP contribution in [0.5, 0.6) is 0 Å². The minimum Gasteiger partial charge on any atom is -0.461 e. The van der Waals surface area contributed by atoms with Gasteiger partial charge in [0.1, 0.15) is 22.3 Å². The van der Waals surface area contributed by atoms with E-state index in [1.807, 2.05) is 0 Å². The van der Waals surface area contributed by atoms with E-state index in [4.69, 9.17) is 16.0 Å². The molecule has 5 nitrogen and oxygen atoms in total. The number of carbonyl (C=O) groups is 1. The van der Waals surface area contributed by atoms with Crippen LogP contribution in [0.4, 0.5) is 5.69 Å². The van der Waals surface area contributed by atoms with Crippen LogP contribution in [0.25, 0.3) is 11.3 Å². The molecule has 0 bridgehead atoms. The lowest BCUT2D eigenvalue weighted by atomic mass is 10.1. The number of halogens is 1. The number of nitro groups is 1. The van der Waals surface area contributed by atoms with Crippen LogP contribution in [0.1, 0.15) is 12.7 Å². The quantitative estimate of drug-likeness (QED) is 0.632. The SMILES string of the molecule is CC(=O)Cc1ccc(-c2cccc([N+](=O)[O-])c2Cl)o1. The molecule has 0 N–H and O–H groups in total. The fourth-order valence-corrected chi connectivity index (χ4v) is 2.00. The standard InChI is InChI=1S/C13H10ClNO4/c1-8(16)7-9-5-6-12(19-9)10-3-2-4-11(13(10)14)15(17)18/h2-6H,7H2,1H3. The van der Waals surface area contributed by atoms with E-state index in [1.54, 1.807) is 18.2 Å². The summed E-state index contributed by atoms with van der Waals surface area (Å²) in [6.45, 7) is 1.46. The Morgan fingerprint density at radius 1 is 1.37 bits per heavy atom. The molecule has 0 aliphatic carbocycles. The average Bonchev–Trinajstić information content (AvgIpc) is 2.76. The zero-order chi connectivity index (χ0) is 14.0. The molecule has 0 unspecified atom stereocenters. The van der Waals surface area contributed by atoms with Crippen molar-refractivity contribution in [3.8, 4) is 11.3 Å². The number of hydrogen-bond acceptors (Lipinski definition) is 4. The van der Waals surface area contributed by atoms with E-state index in [9.17, 15) is 14.9 Å². The normalized spacial score (nSPS) is 10.4. The van der Waals surface area contributed by atoms with Crippen molar-refractivity contribution in [2.24, 2.45) is 0 Å². The molecule has 1 heterocycles. The molecular weight excluding hydrogens is 270 g/mol. The van der Waals surface area contributed by atoms with Gasteiger partial charge in [0.15, 0.2) is 0 Å². The Hall–Kier alpha value is -2.14. The number of carbonyl (C=O) groups excluding carboxylic acids is 1. The molecule has 6 heteroatoms. The highest BCUT2D eigenvalue weighted by Gasteiger charge is 2.18. The van der Waals surface area contributed by atoms with Crippen LogP contribution >= 0.6 is 11.6 Å². The Morgan fingerprint density at radius 2 is 2.11 bits per heavy atom. The molecule has 0 saturated heterocycles. The van der Waals surface area contributed by atoms with Crippen molar-refractivity contribution >= 4 is 23.1 Å². The van der Waals surface area contributed by atoms with Gasteiger partial charge in [-0.05, 0) is 25.1 Å². The molecule has 2 rings (SSSR count). The zero-order valence-corrected chi connectivity index (χ0v) is 10.8. The average molecular weight is 280 g/mol. The minimum atomic E-state index is -0.550. The summed E-state index contributed by atoms with van der Waals surface area (Å²) in [5, 5.41) is 10.8. The lowest BCUT2D eigenvalue weighted by Gasteiger charge is -2.01. The second-order valence-electron chi connectivity index (χ2n) is 4.04. The molecule has 0 saturated carbocycles. The second kappa shape index (κ2) is 5.24. The van der Waals surface area contributed by atoms with E-state index in [-0.39, 0.29) is 22.9 Å². The van der Waals surface area contributed by atoms with Crippen molar-refractivity contribution in [3.63, 3.8) is 0 Å². The number of hydrogen-bond donors (Lipinski definition) is 0. The predicted molar refractivity (Wildman–Crippen MR) is 70.2 cm³/mol. The van der Waals surface area contributed by atoms with Crippen LogP contribution in [0.3, 0.4) is 0 Å². The molecule has 0 atom stereocenters. The van der Waals surface area contributed by atoms with Gasteiger partial charge in [0.05, 0.1) is 11.3 Å². The lowest BCUT2D eigenvalue weighted by molar-refractivity contribution is -0.384. The molecule has 1 aromatic heterocycles. The molecule has 0 amide bonds. The first-order valence-corrected chi connectivity index (χ1v) is 5.88. The van der Waals surface area contributed by atoms with Crippen LogP contribution in [0.2, 0.25) is 5.02 Å². The van der Waals surface area contributed by atoms with Gasteiger partial charge in [0.2, 0.25) is 0 Å². The number of benzene rings is 1. The summed E-state index contributed by atoms with van der Waals surface area (Å²) in [7, 11) is 0. The van der Waals surface area contributed by atoms with Gasteiger partial charge in [-0.25, -0.2) is 0 Å².